The summed E-state index contributed by atoms with van der Waals surface area (Å²) in [5, 5.41) is 0. The van der Waals surface area contributed by atoms with Crippen molar-refractivity contribution in [3.63, 3.8) is 0 Å². The van der Waals surface area contributed by atoms with Gasteiger partial charge in [0.2, 0.25) is 8.32 Å². The molecule has 0 heterocycles. The van der Waals surface area contributed by atoms with E-state index in [9.17, 15) is 0 Å². The molecule has 0 aliphatic heterocycles. The van der Waals surface area contributed by atoms with E-state index in [1.807, 2.05) is 0 Å². The van der Waals surface area contributed by atoms with Gasteiger partial charge in [0.05, 0.1) is 5.76 Å². The van der Waals surface area contributed by atoms with Gasteiger partial charge in [0.25, 0.3) is 0 Å². The Hall–Kier alpha value is 0.111. The molecule has 3 saturated carbocycles. The molecule has 0 aromatic carbocycles. The van der Waals surface area contributed by atoms with Crippen LogP contribution in [0.15, 0.2) is 11.8 Å². The van der Waals surface area contributed by atoms with Gasteiger partial charge < -0.3 is 13.3 Å². The Morgan fingerprint density at radius 2 is 1.47 bits per heavy atom. The van der Waals surface area contributed by atoms with Crippen molar-refractivity contribution in [2.45, 2.75) is 130 Å². The maximum Gasteiger partial charge on any atom is 0.241 e. The van der Waals surface area contributed by atoms with Crippen LogP contribution in [0.2, 0.25) is 58.9 Å². The summed E-state index contributed by atoms with van der Waals surface area (Å²) in [4.78, 5) is 0. The normalized spacial score (nSPS) is 43.0. The summed E-state index contributed by atoms with van der Waals surface area (Å²) < 4.78 is 20.6. The first-order valence-electron chi connectivity index (χ1n) is 14.2. The highest BCUT2D eigenvalue weighted by atomic mass is 28.4. The van der Waals surface area contributed by atoms with Crippen LogP contribution in [0.3, 0.4) is 0 Å². The van der Waals surface area contributed by atoms with Crippen LogP contribution >= 0.6 is 0 Å². The molecule has 3 fully saturated rings. The number of allylic oxidation sites excluding steroid dienone is 2. The van der Waals surface area contributed by atoms with Gasteiger partial charge >= 0.3 is 0 Å². The van der Waals surface area contributed by atoms with E-state index < -0.39 is 25.0 Å². The van der Waals surface area contributed by atoms with Gasteiger partial charge in [-0.1, -0.05) is 13.8 Å². The fraction of sp³-hybridized carbons (Fsp3) is 0.929. The molecule has 196 valence electrons. The summed E-state index contributed by atoms with van der Waals surface area (Å²) in [6.07, 6.45) is 12.3. The van der Waals surface area contributed by atoms with Gasteiger partial charge in [-0.25, -0.2) is 0 Å². The molecule has 8 atom stereocenters. The van der Waals surface area contributed by atoms with Crippen LogP contribution in [0.4, 0.5) is 0 Å². The second-order valence-corrected chi connectivity index (χ2v) is 29.0. The van der Waals surface area contributed by atoms with Gasteiger partial charge in [0.15, 0.2) is 16.6 Å². The lowest BCUT2D eigenvalue weighted by molar-refractivity contribution is -0.165. The van der Waals surface area contributed by atoms with E-state index in [0.717, 1.165) is 24.2 Å². The van der Waals surface area contributed by atoms with Gasteiger partial charge in [-0.05, 0) is 139 Å². The number of hydrogen-bond donors (Lipinski definition) is 0. The largest absolute Gasteiger partial charge is 0.547 e. The highest BCUT2D eigenvalue weighted by Crippen LogP contribution is 2.67. The highest BCUT2D eigenvalue weighted by molar-refractivity contribution is 6.70. The number of rotatable bonds is 6. The Bertz CT molecular complexity index is 792. The van der Waals surface area contributed by atoms with Gasteiger partial charge in [-0.15, -0.1) is 0 Å². The quantitative estimate of drug-likeness (QED) is 0.328. The first-order valence-corrected chi connectivity index (χ1v) is 24.4. The minimum Gasteiger partial charge on any atom is -0.547 e. The van der Waals surface area contributed by atoms with Gasteiger partial charge in [0.1, 0.15) is 0 Å². The average Bonchev–Trinajstić information content (AvgIpc) is 2.93. The van der Waals surface area contributed by atoms with Crippen molar-refractivity contribution < 1.29 is 13.3 Å². The zero-order valence-electron chi connectivity index (χ0n) is 24.2. The maximum atomic E-state index is 7.16. The van der Waals surface area contributed by atoms with E-state index in [1.54, 1.807) is 0 Å². The van der Waals surface area contributed by atoms with Crippen LogP contribution in [-0.2, 0) is 13.3 Å². The summed E-state index contributed by atoms with van der Waals surface area (Å²) in [7, 11) is -4.81. The lowest BCUT2D eigenvalue weighted by atomic mass is 9.44. The molecule has 4 aliphatic rings. The van der Waals surface area contributed by atoms with E-state index in [-0.39, 0.29) is 5.41 Å². The molecule has 4 unspecified atom stereocenters. The minimum atomic E-state index is -1.67. The molecule has 3 nitrogen and oxygen atoms in total. The van der Waals surface area contributed by atoms with Crippen molar-refractivity contribution in [1.82, 2.24) is 0 Å². The monoisotopic (exact) mass is 522 g/mol. The smallest absolute Gasteiger partial charge is 0.241 e. The van der Waals surface area contributed by atoms with E-state index >= 15 is 0 Å². The fourth-order valence-electron chi connectivity index (χ4n) is 8.50. The highest BCUT2D eigenvalue weighted by Gasteiger charge is 2.63. The van der Waals surface area contributed by atoms with Crippen LogP contribution in [0.25, 0.3) is 0 Å². The van der Waals surface area contributed by atoms with Crippen molar-refractivity contribution >= 4 is 25.0 Å². The molecule has 0 bridgehead atoms. The molecule has 34 heavy (non-hydrogen) atoms. The van der Waals surface area contributed by atoms with Crippen LogP contribution in [0.1, 0.15) is 58.8 Å². The average molecular weight is 523 g/mol. The third-order valence-corrected chi connectivity index (χ3v) is 12.4. The van der Waals surface area contributed by atoms with Crippen molar-refractivity contribution in [3.8, 4) is 0 Å². The lowest BCUT2D eigenvalue weighted by Crippen LogP contribution is -2.61. The van der Waals surface area contributed by atoms with Crippen molar-refractivity contribution in [2.75, 3.05) is 0 Å². The molecular weight excluding hydrogens is 469 g/mol. The van der Waals surface area contributed by atoms with Gasteiger partial charge in [-0.2, -0.15) is 0 Å². The van der Waals surface area contributed by atoms with E-state index in [0.29, 0.717) is 23.5 Å². The van der Waals surface area contributed by atoms with Gasteiger partial charge in [0, 0.05) is 17.6 Å². The molecule has 4 aliphatic carbocycles. The Morgan fingerprint density at radius 3 is 2.06 bits per heavy atom. The zero-order valence-corrected chi connectivity index (χ0v) is 27.2. The molecule has 0 amide bonds. The number of fused-ring (bicyclic) bond motifs is 5. The fourth-order valence-corrected chi connectivity index (χ4v) is 11.8. The Balaban J connectivity index is 1.64. The molecule has 4 rings (SSSR count). The van der Waals surface area contributed by atoms with Crippen LogP contribution in [-0.4, -0.2) is 37.2 Å². The molecule has 0 radical (unpaired) electrons. The zero-order chi connectivity index (χ0) is 25.3. The van der Waals surface area contributed by atoms with Crippen molar-refractivity contribution in [1.29, 1.82) is 0 Å². The maximum absolute atomic E-state index is 7.16. The summed E-state index contributed by atoms with van der Waals surface area (Å²) in [5.74, 6) is 4.27. The van der Waals surface area contributed by atoms with Crippen LogP contribution < -0.4 is 0 Å². The summed E-state index contributed by atoms with van der Waals surface area (Å²) in [5.41, 5.74) is 0.531. The minimum absolute atomic E-state index is 0.146. The molecule has 0 aromatic heterocycles. The predicted octanol–water partition coefficient (Wildman–Crippen LogP) is 8.42. The van der Waals surface area contributed by atoms with Gasteiger partial charge in [-0.3, -0.25) is 0 Å². The molecule has 6 heteroatoms. The standard InChI is InChI=1S/C28H54O3Si3/c1-27-17-16-21(29-32(3,4)5)18-20(27)12-13-22-23-14-15-25(31-34(9,10)11)28(23,2)19-24(26(22)27)30-33(6,7)8/h15,20-24,26H,12-14,16-19H2,1-11H3/t20?,21-,22?,23?,24+,26?,27+,28+/m1/s1. The SMILES string of the molecule is C[C@]12CC[C@@H](O[Si](C)(C)C)CC1CCC1C2[C@@H](O[Si](C)(C)C)C[C@]2(C)C(O[Si](C)(C)C)=CCC12. The summed E-state index contributed by atoms with van der Waals surface area (Å²) in [6, 6.07) is 0. The van der Waals surface area contributed by atoms with E-state index in [2.05, 4.69) is 78.8 Å². The summed E-state index contributed by atoms with van der Waals surface area (Å²) in [6.45, 7) is 26.4. The lowest BCUT2D eigenvalue weighted by Gasteiger charge is -2.63. The Morgan fingerprint density at radius 1 is 0.824 bits per heavy atom. The number of hydrogen-bond acceptors (Lipinski definition) is 3. The van der Waals surface area contributed by atoms with Crippen LogP contribution in [0, 0.1) is 34.5 Å². The first-order chi connectivity index (χ1) is 15.4. The molecular formula is C28H54O3Si3. The molecule has 0 aromatic rings. The first kappa shape index (κ1) is 27.2. The predicted molar refractivity (Wildman–Crippen MR) is 151 cm³/mol. The van der Waals surface area contributed by atoms with E-state index in [4.69, 9.17) is 13.3 Å². The second kappa shape index (κ2) is 8.85. The van der Waals surface area contributed by atoms with E-state index in [1.165, 1.54) is 44.3 Å². The molecule has 0 spiro atoms. The summed E-state index contributed by atoms with van der Waals surface area (Å²) >= 11 is 0. The third-order valence-electron chi connectivity index (χ3n) is 9.48. The second-order valence-electron chi connectivity index (χ2n) is 15.6. The molecule has 0 saturated heterocycles. The van der Waals surface area contributed by atoms with Crippen molar-refractivity contribution in [2.24, 2.45) is 34.5 Å². The van der Waals surface area contributed by atoms with Crippen LogP contribution in [0.5, 0.6) is 0 Å². The topological polar surface area (TPSA) is 27.7 Å². The molecule has 0 N–H and O–H groups in total. The Kier molecular flexibility index (Phi) is 7.07. The van der Waals surface area contributed by atoms with Crippen molar-refractivity contribution in [3.05, 3.63) is 11.8 Å². The Labute approximate surface area is 214 Å². The third kappa shape index (κ3) is 5.37.